The molecule has 7 nitrogen and oxygen atoms in total. The summed E-state index contributed by atoms with van der Waals surface area (Å²) in [6, 6.07) is -0.937. The Kier molecular flexibility index (Phi) is 9.20. The van der Waals surface area contributed by atoms with Gasteiger partial charge in [0.2, 0.25) is 5.91 Å². The molecular formula is C12H23N3O4. The zero-order valence-electron chi connectivity index (χ0n) is 11.5. The van der Waals surface area contributed by atoms with Gasteiger partial charge in [-0.2, -0.15) is 0 Å². The van der Waals surface area contributed by atoms with Crippen molar-refractivity contribution in [3.63, 3.8) is 0 Å². The Labute approximate surface area is 113 Å². The maximum Gasteiger partial charge on any atom is 0.315 e. The summed E-state index contributed by atoms with van der Waals surface area (Å²) in [5, 5.41) is 16.3. The second-order valence-electron chi connectivity index (χ2n) is 4.26. The first-order chi connectivity index (χ1) is 8.99. The van der Waals surface area contributed by atoms with Crippen LogP contribution in [0.25, 0.3) is 0 Å². The molecule has 3 amide bonds. The van der Waals surface area contributed by atoms with E-state index >= 15 is 0 Å². The zero-order valence-corrected chi connectivity index (χ0v) is 11.5. The smallest absolute Gasteiger partial charge is 0.315 e. The highest BCUT2D eigenvalue weighted by molar-refractivity contribution is 5.84. The van der Waals surface area contributed by atoms with Crippen LogP contribution in [0.4, 0.5) is 4.79 Å². The molecule has 0 rings (SSSR count). The first-order valence-electron chi connectivity index (χ1n) is 6.52. The number of carboxylic acids is 1. The predicted molar refractivity (Wildman–Crippen MR) is 70.8 cm³/mol. The van der Waals surface area contributed by atoms with Crippen molar-refractivity contribution < 1.29 is 19.5 Å². The molecule has 0 aromatic carbocycles. The van der Waals surface area contributed by atoms with Crippen LogP contribution in [0.2, 0.25) is 0 Å². The number of hydrogen-bond donors (Lipinski definition) is 4. The number of carbonyl (C=O) groups excluding carboxylic acids is 2. The molecule has 0 spiro atoms. The highest BCUT2D eigenvalue weighted by atomic mass is 16.4. The van der Waals surface area contributed by atoms with Gasteiger partial charge in [0, 0.05) is 12.6 Å². The summed E-state index contributed by atoms with van der Waals surface area (Å²) in [4.78, 5) is 33.4. The topological polar surface area (TPSA) is 108 Å². The van der Waals surface area contributed by atoms with Crippen LogP contribution in [-0.2, 0) is 9.59 Å². The van der Waals surface area contributed by atoms with Crippen molar-refractivity contribution >= 4 is 17.9 Å². The van der Waals surface area contributed by atoms with Crippen LogP contribution >= 0.6 is 0 Å². The number of nitrogens with one attached hydrogen (secondary N) is 3. The van der Waals surface area contributed by atoms with Crippen molar-refractivity contribution in [1.29, 1.82) is 0 Å². The molecule has 0 heterocycles. The minimum absolute atomic E-state index is 0.113. The molecule has 4 N–H and O–H groups in total. The number of carboxylic acid groups (broad SMARTS) is 1. The van der Waals surface area contributed by atoms with E-state index in [-0.39, 0.29) is 18.9 Å². The van der Waals surface area contributed by atoms with Gasteiger partial charge in [0.1, 0.15) is 0 Å². The van der Waals surface area contributed by atoms with Crippen LogP contribution in [0.15, 0.2) is 0 Å². The van der Waals surface area contributed by atoms with Crippen molar-refractivity contribution in [3.8, 4) is 0 Å². The molecule has 0 aromatic rings. The van der Waals surface area contributed by atoms with Gasteiger partial charge in [-0.05, 0) is 12.8 Å². The summed E-state index contributed by atoms with van der Waals surface area (Å²) in [5.41, 5.74) is 0. The van der Waals surface area contributed by atoms with Crippen molar-refractivity contribution in [1.82, 2.24) is 16.0 Å². The summed E-state index contributed by atoms with van der Waals surface area (Å²) < 4.78 is 0. The zero-order chi connectivity index (χ0) is 14.7. The third-order valence-corrected chi connectivity index (χ3v) is 2.38. The molecule has 0 aromatic heterocycles. The molecule has 0 aliphatic rings. The molecule has 0 bridgehead atoms. The Balaban J connectivity index is 3.98. The molecule has 0 aliphatic heterocycles. The van der Waals surface area contributed by atoms with Crippen molar-refractivity contribution in [2.45, 2.75) is 45.6 Å². The lowest BCUT2D eigenvalue weighted by Crippen LogP contribution is -2.46. The highest BCUT2D eigenvalue weighted by Gasteiger charge is 2.15. The molecule has 110 valence electrons. The van der Waals surface area contributed by atoms with E-state index in [1.54, 1.807) is 0 Å². The Morgan fingerprint density at radius 1 is 1.11 bits per heavy atom. The number of amides is 3. The molecule has 1 atom stereocenters. The number of aliphatic carboxylic acids is 1. The van der Waals surface area contributed by atoms with Gasteiger partial charge in [0.05, 0.1) is 13.0 Å². The van der Waals surface area contributed by atoms with E-state index in [1.807, 2.05) is 13.8 Å². The number of carbonyl (C=O) groups is 3. The maximum absolute atomic E-state index is 11.5. The summed E-state index contributed by atoms with van der Waals surface area (Å²) in [6.45, 7) is 4.30. The minimum atomic E-state index is -0.959. The highest BCUT2D eigenvalue weighted by Crippen LogP contribution is 2.01. The average molecular weight is 273 g/mol. The van der Waals surface area contributed by atoms with Crippen molar-refractivity contribution in [3.05, 3.63) is 0 Å². The summed E-state index contributed by atoms with van der Waals surface area (Å²) in [5.74, 6) is -1.22. The predicted octanol–water partition coefficient (Wildman–Crippen LogP) is 0.455. The minimum Gasteiger partial charge on any atom is -0.481 e. The van der Waals surface area contributed by atoms with Crippen molar-refractivity contribution in [2.75, 3.05) is 13.1 Å². The summed E-state index contributed by atoms with van der Waals surface area (Å²) >= 11 is 0. The van der Waals surface area contributed by atoms with Gasteiger partial charge in [-0.25, -0.2) is 4.79 Å². The van der Waals surface area contributed by atoms with E-state index in [9.17, 15) is 14.4 Å². The van der Waals surface area contributed by atoms with E-state index in [2.05, 4.69) is 16.0 Å². The average Bonchev–Trinajstić information content (AvgIpc) is 2.33. The molecule has 7 heteroatoms. The van der Waals surface area contributed by atoms with Crippen LogP contribution < -0.4 is 16.0 Å². The largest absolute Gasteiger partial charge is 0.481 e. The molecule has 1 unspecified atom stereocenters. The fraction of sp³-hybridized carbons (Fsp3) is 0.750. The Morgan fingerprint density at radius 2 is 1.79 bits per heavy atom. The quantitative estimate of drug-likeness (QED) is 0.489. The van der Waals surface area contributed by atoms with E-state index in [4.69, 9.17) is 5.11 Å². The lowest BCUT2D eigenvalue weighted by Gasteiger charge is -2.16. The Bertz CT molecular complexity index is 307. The molecule has 0 radical (unpaired) electrons. The molecule has 0 saturated carbocycles. The third-order valence-electron chi connectivity index (χ3n) is 2.38. The number of rotatable bonds is 9. The van der Waals surface area contributed by atoms with Crippen molar-refractivity contribution in [2.24, 2.45) is 0 Å². The molecule has 0 fully saturated rings. The van der Waals surface area contributed by atoms with Crippen LogP contribution in [0.3, 0.4) is 0 Å². The molecule has 0 aliphatic carbocycles. The standard InChI is InChI=1S/C12H23N3O4/c1-3-5-9(7-11(17)18)15-12(19)14-8-10(16)13-6-4-2/h9H,3-8H2,1-2H3,(H,13,16)(H,17,18)(H2,14,15,19). The van der Waals surface area contributed by atoms with E-state index in [0.717, 1.165) is 12.8 Å². The number of hydrogen-bond acceptors (Lipinski definition) is 3. The van der Waals surface area contributed by atoms with E-state index in [1.165, 1.54) is 0 Å². The SMILES string of the molecule is CCCNC(=O)CNC(=O)NC(CCC)CC(=O)O. The molecular weight excluding hydrogens is 250 g/mol. The van der Waals surface area contributed by atoms with Gasteiger partial charge < -0.3 is 21.1 Å². The maximum atomic E-state index is 11.5. The monoisotopic (exact) mass is 273 g/mol. The molecule has 0 saturated heterocycles. The van der Waals surface area contributed by atoms with Crippen LogP contribution in [0, 0.1) is 0 Å². The lowest BCUT2D eigenvalue weighted by molar-refractivity contribution is -0.137. The van der Waals surface area contributed by atoms with Gasteiger partial charge >= 0.3 is 12.0 Å². The first-order valence-corrected chi connectivity index (χ1v) is 6.52. The summed E-state index contributed by atoms with van der Waals surface area (Å²) in [7, 11) is 0. The lowest BCUT2D eigenvalue weighted by atomic mass is 10.1. The fourth-order valence-electron chi connectivity index (χ4n) is 1.51. The van der Waals surface area contributed by atoms with E-state index in [0.29, 0.717) is 13.0 Å². The van der Waals surface area contributed by atoms with Gasteiger partial charge in [0.15, 0.2) is 0 Å². The summed E-state index contributed by atoms with van der Waals surface area (Å²) in [6.07, 6.45) is 2.06. The van der Waals surface area contributed by atoms with Gasteiger partial charge in [-0.1, -0.05) is 20.3 Å². The van der Waals surface area contributed by atoms with Crippen LogP contribution in [-0.4, -0.2) is 42.1 Å². The third kappa shape index (κ3) is 9.87. The van der Waals surface area contributed by atoms with E-state index < -0.39 is 18.0 Å². The number of urea groups is 1. The van der Waals surface area contributed by atoms with Gasteiger partial charge in [0.25, 0.3) is 0 Å². The van der Waals surface area contributed by atoms with Crippen LogP contribution in [0.1, 0.15) is 39.5 Å². The molecule has 19 heavy (non-hydrogen) atoms. The first kappa shape index (κ1) is 17.2. The fourth-order valence-corrected chi connectivity index (χ4v) is 1.51. The van der Waals surface area contributed by atoms with Gasteiger partial charge in [-0.3, -0.25) is 9.59 Å². The van der Waals surface area contributed by atoms with Crippen LogP contribution in [0.5, 0.6) is 0 Å². The normalized spacial score (nSPS) is 11.5. The van der Waals surface area contributed by atoms with Gasteiger partial charge in [-0.15, -0.1) is 0 Å². The second-order valence-corrected chi connectivity index (χ2v) is 4.26. The second kappa shape index (κ2) is 10.2. The Morgan fingerprint density at radius 3 is 2.32 bits per heavy atom. The Hall–Kier alpha value is -1.79.